The van der Waals surface area contributed by atoms with Gasteiger partial charge in [-0.2, -0.15) is 13.2 Å². The fourth-order valence-corrected chi connectivity index (χ4v) is 7.24. The van der Waals surface area contributed by atoms with Gasteiger partial charge >= 0.3 is 12.2 Å². The number of alkyl halides is 3. The second-order valence-corrected chi connectivity index (χ2v) is 11.8. The van der Waals surface area contributed by atoms with E-state index in [2.05, 4.69) is 0 Å². The van der Waals surface area contributed by atoms with Crippen LogP contribution in [0.4, 0.5) is 18.0 Å². The van der Waals surface area contributed by atoms with Gasteiger partial charge in [0.25, 0.3) is 0 Å². The SMILES string of the molecule is O=C(N1CC(c2ccc(C3(C(F)(F)F)CC3)cc2)C1)N1CCC(S(=O)(=O)N2CCCC2)C1. The van der Waals surface area contributed by atoms with Gasteiger partial charge < -0.3 is 9.80 Å². The Labute approximate surface area is 186 Å². The quantitative estimate of drug-likeness (QED) is 0.677. The van der Waals surface area contributed by atoms with Crippen LogP contribution in [-0.4, -0.2) is 79.2 Å². The number of benzene rings is 1. The van der Waals surface area contributed by atoms with E-state index in [-0.39, 0.29) is 31.3 Å². The van der Waals surface area contributed by atoms with Gasteiger partial charge in [0.1, 0.15) is 0 Å². The molecule has 6 nitrogen and oxygen atoms in total. The number of hydrogen-bond acceptors (Lipinski definition) is 3. The summed E-state index contributed by atoms with van der Waals surface area (Å²) in [5, 5.41) is -0.530. The van der Waals surface area contributed by atoms with E-state index in [0.29, 0.717) is 44.7 Å². The number of amides is 2. The smallest absolute Gasteiger partial charge is 0.323 e. The van der Waals surface area contributed by atoms with Crippen LogP contribution in [0.3, 0.4) is 0 Å². The predicted octanol–water partition coefficient (Wildman–Crippen LogP) is 3.30. The first-order valence-electron chi connectivity index (χ1n) is 11.3. The highest BCUT2D eigenvalue weighted by molar-refractivity contribution is 7.89. The maximum Gasteiger partial charge on any atom is 0.398 e. The van der Waals surface area contributed by atoms with Gasteiger partial charge in [-0.15, -0.1) is 0 Å². The second-order valence-electron chi connectivity index (χ2n) is 9.59. The Kier molecular flexibility index (Phi) is 5.24. The minimum Gasteiger partial charge on any atom is -0.323 e. The Hall–Kier alpha value is -1.81. The molecule has 1 unspecified atom stereocenters. The van der Waals surface area contributed by atoms with Crippen molar-refractivity contribution in [1.29, 1.82) is 0 Å². The molecule has 1 aromatic carbocycles. The van der Waals surface area contributed by atoms with Crippen molar-refractivity contribution in [1.82, 2.24) is 14.1 Å². The zero-order valence-electron chi connectivity index (χ0n) is 17.9. The molecule has 0 aromatic heterocycles. The third-order valence-electron chi connectivity index (χ3n) is 7.64. The Balaban J connectivity index is 1.15. The number of likely N-dealkylation sites (tertiary alicyclic amines) is 2. The van der Waals surface area contributed by atoms with Crippen molar-refractivity contribution >= 4 is 16.1 Å². The number of sulfonamides is 1. The summed E-state index contributed by atoms with van der Waals surface area (Å²) < 4.78 is 67.0. The minimum absolute atomic E-state index is 0.0979. The Morgan fingerprint density at radius 2 is 1.56 bits per heavy atom. The maximum absolute atomic E-state index is 13.3. The van der Waals surface area contributed by atoms with E-state index in [4.69, 9.17) is 0 Å². The van der Waals surface area contributed by atoms with Crippen molar-refractivity contribution in [3.05, 3.63) is 35.4 Å². The monoisotopic (exact) mass is 471 g/mol. The van der Waals surface area contributed by atoms with Crippen molar-refractivity contribution < 1.29 is 26.4 Å². The number of carbonyl (C=O) groups is 1. The summed E-state index contributed by atoms with van der Waals surface area (Å²) in [4.78, 5) is 16.1. The number of carbonyl (C=O) groups excluding carboxylic acids is 1. The Morgan fingerprint density at radius 3 is 2.12 bits per heavy atom. The van der Waals surface area contributed by atoms with E-state index in [0.717, 1.165) is 18.4 Å². The van der Waals surface area contributed by atoms with Crippen molar-refractivity contribution in [2.45, 2.75) is 54.9 Å². The van der Waals surface area contributed by atoms with Crippen LogP contribution in [0.25, 0.3) is 0 Å². The molecule has 0 spiro atoms. The van der Waals surface area contributed by atoms with Gasteiger partial charge in [-0.3, -0.25) is 0 Å². The summed E-state index contributed by atoms with van der Waals surface area (Å²) in [5.41, 5.74) is -0.413. The van der Waals surface area contributed by atoms with E-state index in [9.17, 15) is 26.4 Å². The lowest BCUT2D eigenvalue weighted by molar-refractivity contribution is -0.160. The van der Waals surface area contributed by atoms with Crippen molar-refractivity contribution in [2.24, 2.45) is 0 Å². The highest BCUT2D eigenvalue weighted by atomic mass is 32.2. The largest absolute Gasteiger partial charge is 0.398 e. The summed E-state index contributed by atoms with van der Waals surface area (Å²) in [5.74, 6) is 0.0979. The molecule has 1 aliphatic carbocycles. The number of hydrogen-bond donors (Lipinski definition) is 0. The molecule has 3 aliphatic heterocycles. The maximum atomic E-state index is 13.3. The molecule has 1 aromatic rings. The first-order valence-corrected chi connectivity index (χ1v) is 12.8. The van der Waals surface area contributed by atoms with Gasteiger partial charge in [-0.25, -0.2) is 17.5 Å². The third kappa shape index (κ3) is 3.59. The van der Waals surface area contributed by atoms with Gasteiger partial charge in [0.2, 0.25) is 10.0 Å². The lowest BCUT2D eigenvalue weighted by atomic mass is 9.88. The molecule has 1 atom stereocenters. The lowest BCUT2D eigenvalue weighted by Gasteiger charge is -2.41. The van der Waals surface area contributed by atoms with Crippen LogP contribution in [-0.2, 0) is 15.4 Å². The highest BCUT2D eigenvalue weighted by Gasteiger charge is 2.64. The molecule has 0 bridgehead atoms. The van der Waals surface area contributed by atoms with E-state index < -0.39 is 26.9 Å². The van der Waals surface area contributed by atoms with Crippen LogP contribution in [0.1, 0.15) is 49.1 Å². The zero-order valence-corrected chi connectivity index (χ0v) is 18.7. The number of nitrogens with zero attached hydrogens (tertiary/aromatic N) is 3. The van der Waals surface area contributed by atoms with Gasteiger partial charge in [0, 0.05) is 45.2 Å². The van der Waals surface area contributed by atoms with Crippen LogP contribution in [0.15, 0.2) is 24.3 Å². The molecule has 3 saturated heterocycles. The fraction of sp³-hybridized carbons (Fsp3) is 0.682. The van der Waals surface area contributed by atoms with E-state index in [1.54, 1.807) is 38.4 Å². The molecule has 32 heavy (non-hydrogen) atoms. The van der Waals surface area contributed by atoms with Crippen LogP contribution in [0.5, 0.6) is 0 Å². The van der Waals surface area contributed by atoms with E-state index in [1.807, 2.05) is 0 Å². The Bertz CT molecular complexity index is 980. The summed E-state index contributed by atoms with van der Waals surface area (Å²) in [6.07, 6.45) is -1.68. The summed E-state index contributed by atoms with van der Waals surface area (Å²) in [6.45, 7) is 2.82. The van der Waals surface area contributed by atoms with Crippen LogP contribution < -0.4 is 0 Å². The van der Waals surface area contributed by atoms with Crippen molar-refractivity contribution in [3.63, 3.8) is 0 Å². The van der Waals surface area contributed by atoms with Crippen LogP contribution in [0, 0.1) is 0 Å². The summed E-state index contributed by atoms with van der Waals surface area (Å²) in [6, 6.07) is 6.51. The fourth-order valence-electron chi connectivity index (χ4n) is 5.28. The van der Waals surface area contributed by atoms with Gasteiger partial charge in [0.15, 0.2) is 0 Å². The average molecular weight is 472 g/mol. The van der Waals surface area contributed by atoms with Gasteiger partial charge in [-0.05, 0) is 43.2 Å². The predicted molar refractivity (Wildman–Crippen MR) is 113 cm³/mol. The molecule has 10 heteroatoms. The van der Waals surface area contributed by atoms with Gasteiger partial charge in [-0.1, -0.05) is 24.3 Å². The van der Waals surface area contributed by atoms with Crippen LogP contribution >= 0.6 is 0 Å². The lowest BCUT2D eigenvalue weighted by Crippen LogP contribution is -2.53. The molecule has 0 N–H and O–H groups in total. The van der Waals surface area contributed by atoms with E-state index >= 15 is 0 Å². The topological polar surface area (TPSA) is 60.9 Å². The first-order chi connectivity index (χ1) is 15.1. The number of halogens is 3. The van der Waals surface area contributed by atoms with E-state index in [1.165, 1.54) is 0 Å². The molecule has 2 amide bonds. The average Bonchev–Trinajstić information content (AvgIpc) is 3.14. The number of urea groups is 1. The first kappa shape index (κ1) is 22.0. The minimum atomic E-state index is -4.22. The molecule has 0 radical (unpaired) electrons. The standard InChI is InChI=1S/C22H28F3N3O3S/c23-22(24,25)21(8-9-21)18-5-3-16(4-6-18)17-13-27(14-17)20(29)26-12-7-19(15-26)32(30,31)28-10-1-2-11-28/h3-6,17,19H,1-2,7-15H2. The molecule has 3 heterocycles. The normalized spacial score (nSPS) is 26.4. The van der Waals surface area contributed by atoms with Crippen LogP contribution in [0.2, 0.25) is 0 Å². The third-order valence-corrected chi connectivity index (χ3v) is 9.95. The van der Waals surface area contributed by atoms with Crippen molar-refractivity contribution in [2.75, 3.05) is 39.3 Å². The zero-order chi connectivity index (χ0) is 22.7. The molecular weight excluding hydrogens is 443 g/mol. The molecule has 4 fully saturated rings. The molecule has 5 rings (SSSR count). The Morgan fingerprint density at radius 1 is 0.938 bits per heavy atom. The molecular formula is C22H28F3N3O3S. The number of rotatable bonds is 4. The summed E-state index contributed by atoms with van der Waals surface area (Å²) in [7, 11) is -3.35. The summed E-state index contributed by atoms with van der Waals surface area (Å²) >= 11 is 0. The molecule has 176 valence electrons. The molecule has 1 saturated carbocycles. The second kappa shape index (κ2) is 7.62. The highest BCUT2D eigenvalue weighted by Crippen LogP contribution is 2.58. The molecule has 4 aliphatic rings. The van der Waals surface area contributed by atoms with Crippen molar-refractivity contribution in [3.8, 4) is 0 Å². The van der Waals surface area contributed by atoms with Gasteiger partial charge in [0.05, 0.1) is 10.7 Å².